The van der Waals surface area contributed by atoms with E-state index in [2.05, 4.69) is 15.5 Å². The largest absolute Gasteiger partial charge is 0.364 e. The van der Waals surface area contributed by atoms with Crippen LogP contribution in [0.5, 0.6) is 0 Å². The van der Waals surface area contributed by atoms with Crippen LogP contribution in [0.2, 0.25) is 0 Å². The van der Waals surface area contributed by atoms with Gasteiger partial charge in [-0.15, -0.1) is 0 Å². The fraction of sp³-hybridized carbons (Fsp3) is 0.600. The second-order valence-corrected chi connectivity index (χ2v) is 7.28. The van der Waals surface area contributed by atoms with Gasteiger partial charge in [0.05, 0.1) is 6.10 Å². The van der Waals surface area contributed by atoms with Gasteiger partial charge in [0, 0.05) is 31.7 Å². The molecule has 1 aromatic rings. The number of benzene rings is 1. The predicted octanol–water partition coefficient (Wildman–Crippen LogP) is 0.635. The maximum Gasteiger partial charge on any atom is 0.251 e. The minimum atomic E-state index is -0.404. The Bertz CT molecular complexity index is 629. The van der Waals surface area contributed by atoms with E-state index in [0.29, 0.717) is 31.6 Å². The zero-order chi connectivity index (χ0) is 19.1. The molecule has 2 aliphatic heterocycles. The summed E-state index contributed by atoms with van der Waals surface area (Å²) in [6, 6.07) is 7.33. The van der Waals surface area contributed by atoms with Crippen molar-refractivity contribution in [2.75, 3.05) is 32.7 Å². The number of nitrogens with one attached hydrogen (secondary N) is 2. The number of hydrogen-bond donors (Lipinski definition) is 3. The van der Waals surface area contributed by atoms with Gasteiger partial charge in [-0.25, -0.2) is 0 Å². The maximum absolute atomic E-state index is 12.2. The highest BCUT2D eigenvalue weighted by molar-refractivity contribution is 5.94. The van der Waals surface area contributed by atoms with Crippen LogP contribution in [0.4, 0.5) is 0 Å². The van der Waals surface area contributed by atoms with Crippen molar-refractivity contribution in [2.24, 2.45) is 5.73 Å². The van der Waals surface area contributed by atoms with E-state index >= 15 is 0 Å². The van der Waals surface area contributed by atoms with Crippen molar-refractivity contribution in [3.8, 4) is 0 Å². The molecule has 0 aromatic heterocycles. The highest BCUT2D eigenvalue weighted by Crippen LogP contribution is 2.19. The fourth-order valence-corrected chi connectivity index (χ4v) is 3.58. The Hall–Kier alpha value is -1.96. The highest BCUT2D eigenvalue weighted by Gasteiger charge is 2.29. The topological polar surface area (TPSA) is 96.7 Å². The minimum absolute atomic E-state index is 0.0102. The molecule has 2 aliphatic rings. The third-order valence-electron chi connectivity index (χ3n) is 5.26. The molecule has 2 fully saturated rings. The van der Waals surface area contributed by atoms with E-state index in [1.807, 2.05) is 12.1 Å². The van der Waals surface area contributed by atoms with Crippen LogP contribution in [0.15, 0.2) is 24.3 Å². The standard InChI is InChI=1S/C20H30N4O3/c21-13-17-7-8-18(27-17)20(26)23-14-15-3-5-16(6-4-15)19(25)22-9-12-24-10-1-2-11-24/h3-6,17-18H,1-2,7-14,21H2,(H,22,25)(H,23,26)/t17-,18+/m1/s1. The molecule has 27 heavy (non-hydrogen) atoms. The zero-order valence-electron chi connectivity index (χ0n) is 15.8. The van der Waals surface area contributed by atoms with Crippen molar-refractivity contribution < 1.29 is 14.3 Å². The number of amides is 2. The van der Waals surface area contributed by atoms with Crippen LogP contribution < -0.4 is 16.4 Å². The second-order valence-electron chi connectivity index (χ2n) is 7.28. The van der Waals surface area contributed by atoms with Crippen molar-refractivity contribution in [1.82, 2.24) is 15.5 Å². The number of carbonyl (C=O) groups is 2. The van der Waals surface area contributed by atoms with Crippen molar-refractivity contribution in [1.29, 1.82) is 0 Å². The number of ether oxygens (including phenoxy) is 1. The third-order valence-corrected chi connectivity index (χ3v) is 5.26. The number of nitrogens with zero attached hydrogens (tertiary/aromatic N) is 1. The van der Waals surface area contributed by atoms with Gasteiger partial charge in [-0.05, 0) is 56.5 Å². The van der Waals surface area contributed by atoms with Crippen LogP contribution in [0.25, 0.3) is 0 Å². The molecule has 4 N–H and O–H groups in total. The molecule has 2 atom stereocenters. The van der Waals surface area contributed by atoms with Crippen LogP contribution in [-0.2, 0) is 16.1 Å². The van der Waals surface area contributed by atoms with E-state index in [1.54, 1.807) is 12.1 Å². The Labute approximate surface area is 160 Å². The lowest BCUT2D eigenvalue weighted by Gasteiger charge is -2.15. The van der Waals surface area contributed by atoms with E-state index in [0.717, 1.165) is 31.6 Å². The smallest absolute Gasteiger partial charge is 0.251 e. The Morgan fingerprint density at radius 1 is 1.11 bits per heavy atom. The summed E-state index contributed by atoms with van der Waals surface area (Å²) in [5.74, 6) is -0.161. The molecule has 148 valence electrons. The van der Waals surface area contributed by atoms with E-state index in [-0.39, 0.29) is 17.9 Å². The first kappa shape index (κ1) is 19.8. The molecule has 1 aromatic carbocycles. The SMILES string of the molecule is NC[C@H]1CC[C@@H](C(=O)NCc2ccc(C(=O)NCCN3CCCC3)cc2)O1. The summed E-state index contributed by atoms with van der Waals surface area (Å²) < 4.78 is 5.59. The number of carbonyl (C=O) groups excluding carboxylic acids is 2. The van der Waals surface area contributed by atoms with Crippen LogP contribution in [-0.4, -0.2) is 61.6 Å². The Morgan fingerprint density at radius 3 is 2.52 bits per heavy atom. The first-order chi connectivity index (χ1) is 13.2. The van der Waals surface area contributed by atoms with Gasteiger partial charge in [0.15, 0.2) is 0 Å². The first-order valence-corrected chi connectivity index (χ1v) is 9.88. The molecule has 0 aliphatic carbocycles. The van der Waals surface area contributed by atoms with Gasteiger partial charge in [-0.1, -0.05) is 12.1 Å². The summed E-state index contributed by atoms with van der Waals surface area (Å²) in [5.41, 5.74) is 7.15. The molecular weight excluding hydrogens is 344 g/mol. The van der Waals surface area contributed by atoms with Gasteiger partial charge < -0.3 is 26.0 Å². The van der Waals surface area contributed by atoms with Crippen molar-refractivity contribution >= 4 is 11.8 Å². The lowest BCUT2D eigenvalue weighted by Crippen LogP contribution is -2.35. The van der Waals surface area contributed by atoms with E-state index < -0.39 is 6.10 Å². The predicted molar refractivity (Wildman–Crippen MR) is 103 cm³/mol. The first-order valence-electron chi connectivity index (χ1n) is 9.88. The van der Waals surface area contributed by atoms with E-state index in [9.17, 15) is 9.59 Å². The summed E-state index contributed by atoms with van der Waals surface area (Å²) in [7, 11) is 0. The number of likely N-dealkylation sites (tertiary alicyclic amines) is 1. The Balaban J connectivity index is 1.38. The Morgan fingerprint density at radius 2 is 1.85 bits per heavy atom. The molecular formula is C20H30N4O3. The highest BCUT2D eigenvalue weighted by atomic mass is 16.5. The number of rotatable bonds is 8. The van der Waals surface area contributed by atoms with Gasteiger partial charge in [-0.3, -0.25) is 9.59 Å². The lowest BCUT2D eigenvalue weighted by molar-refractivity contribution is -0.132. The minimum Gasteiger partial charge on any atom is -0.364 e. The molecule has 0 spiro atoms. The van der Waals surface area contributed by atoms with Gasteiger partial charge >= 0.3 is 0 Å². The number of hydrogen-bond acceptors (Lipinski definition) is 5. The van der Waals surface area contributed by atoms with Crippen molar-refractivity contribution in [3.63, 3.8) is 0 Å². The molecule has 0 saturated carbocycles. The van der Waals surface area contributed by atoms with Gasteiger partial charge in [0.25, 0.3) is 5.91 Å². The lowest BCUT2D eigenvalue weighted by atomic mass is 10.1. The maximum atomic E-state index is 12.2. The fourth-order valence-electron chi connectivity index (χ4n) is 3.58. The molecule has 7 nitrogen and oxygen atoms in total. The van der Waals surface area contributed by atoms with Crippen molar-refractivity contribution in [2.45, 2.75) is 44.4 Å². The Kier molecular flexibility index (Phi) is 7.20. The monoisotopic (exact) mass is 374 g/mol. The van der Waals surface area contributed by atoms with Crippen LogP contribution in [0, 0.1) is 0 Å². The molecule has 0 bridgehead atoms. The summed E-state index contributed by atoms with van der Waals surface area (Å²) >= 11 is 0. The normalized spacial score (nSPS) is 22.7. The van der Waals surface area contributed by atoms with E-state index in [1.165, 1.54) is 12.8 Å². The summed E-state index contributed by atoms with van der Waals surface area (Å²) in [5, 5.41) is 5.85. The van der Waals surface area contributed by atoms with E-state index in [4.69, 9.17) is 10.5 Å². The molecule has 0 unspecified atom stereocenters. The zero-order valence-corrected chi connectivity index (χ0v) is 15.8. The van der Waals surface area contributed by atoms with Gasteiger partial charge in [0.1, 0.15) is 6.10 Å². The van der Waals surface area contributed by atoms with Gasteiger partial charge in [-0.2, -0.15) is 0 Å². The third kappa shape index (κ3) is 5.76. The average Bonchev–Trinajstić information content (AvgIpc) is 3.38. The average molecular weight is 374 g/mol. The quantitative estimate of drug-likeness (QED) is 0.620. The van der Waals surface area contributed by atoms with Crippen molar-refractivity contribution in [3.05, 3.63) is 35.4 Å². The molecule has 2 saturated heterocycles. The molecule has 2 amide bonds. The van der Waals surface area contributed by atoms with Gasteiger partial charge in [0.2, 0.25) is 5.91 Å². The molecule has 2 heterocycles. The summed E-state index contributed by atoms with van der Waals surface area (Å²) in [6.45, 7) is 4.71. The number of nitrogens with two attached hydrogens (primary N) is 1. The summed E-state index contributed by atoms with van der Waals surface area (Å²) in [4.78, 5) is 26.7. The second kappa shape index (κ2) is 9.82. The molecule has 7 heteroatoms. The molecule has 3 rings (SSSR count). The van der Waals surface area contributed by atoms with Crippen LogP contribution in [0.1, 0.15) is 41.6 Å². The van der Waals surface area contributed by atoms with Crippen LogP contribution in [0.3, 0.4) is 0 Å². The van der Waals surface area contributed by atoms with Crippen LogP contribution >= 0.6 is 0 Å². The molecule has 0 radical (unpaired) electrons. The summed E-state index contributed by atoms with van der Waals surface area (Å²) in [6.07, 6.45) is 3.64.